The van der Waals surface area contributed by atoms with Gasteiger partial charge in [0.05, 0.1) is 6.61 Å². The zero-order valence-corrected chi connectivity index (χ0v) is 12.0. The molecule has 0 aromatic carbocycles. The topological polar surface area (TPSA) is 58.6 Å². The zero-order valence-electron chi connectivity index (χ0n) is 12.0. The predicted molar refractivity (Wildman–Crippen MR) is 69.1 cm³/mol. The quantitative estimate of drug-likeness (QED) is 0.744. The number of carbonyl (C=O) groups excluding carboxylic acids is 2. The fraction of sp³-hybridized carbons (Fsp3) is 0.846. The van der Waals surface area contributed by atoms with Crippen LogP contribution in [0, 0.1) is 0 Å². The predicted octanol–water partition coefficient (Wildman–Crippen LogP) is 0.929. The van der Waals surface area contributed by atoms with E-state index in [4.69, 9.17) is 4.74 Å². The van der Waals surface area contributed by atoms with Gasteiger partial charge in [-0.3, -0.25) is 9.59 Å². The van der Waals surface area contributed by atoms with Gasteiger partial charge in [0.2, 0.25) is 11.8 Å². The number of piperazine rings is 1. The van der Waals surface area contributed by atoms with E-state index in [9.17, 15) is 9.59 Å². The minimum atomic E-state index is -0.817. The minimum Gasteiger partial charge on any atom is -0.380 e. The highest BCUT2D eigenvalue weighted by Gasteiger charge is 2.51. The Morgan fingerprint density at radius 3 is 2.33 bits per heavy atom. The molecule has 0 aromatic heterocycles. The third-order valence-corrected chi connectivity index (χ3v) is 3.71. The molecule has 1 N–H and O–H groups in total. The Morgan fingerprint density at radius 2 is 1.83 bits per heavy atom. The number of carbonyl (C=O) groups is 2. The Hall–Kier alpha value is -1.10. The van der Waals surface area contributed by atoms with Crippen LogP contribution >= 0.6 is 0 Å². The second-order valence-electron chi connectivity index (χ2n) is 5.35. The first-order chi connectivity index (χ1) is 8.29. The van der Waals surface area contributed by atoms with Crippen LogP contribution in [0.2, 0.25) is 0 Å². The number of amides is 2. The smallest absolute Gasteiger partial charge is 0.248 e. The molecule has 1 aliphatic rings. The molecule has 1 atom stereocenters. The van der Waals surface area contributed by atoms with Gasteiger partial charge in [0, 0.05) is 13.2 Å². The summed E-state index contributed by atoms with van der Waals surface area (Å²) in [4.78, 5) is 26.3. The third-order valence-electron chi connectivity index (χ3n) is 3.71. The summed E-state index contributed by atoms with van der Waals surface area (Å²) in [5.41, 5.74) is -1.61. The van der Waals surface area contributed by atoms with Crippen LogP contribution in [0.5, 0.6) is 0 Å². The number of hydrogen-bond acceptors (Lipinski definition) is 3. The van der Waals surface area contributed by atoms with E-state index in [-0.39, 0.29) is 11.8 Å². The Balaban J connectivity index is 2.93. The van der Waals surface area contributed by atoms with Crippen LogP contribution in [0.1, 0.15) is 41.0 Å². The molecule has 0 aromatic rings. The maximum absolute atomic E-state index is 12.5. The molecule has 1 saturated heterocycles. The van der Waals surface area contributed by atoms with Gasteiger partial charge < -0.3 is 15.0 Å². The summed E-state index contributed by atoms with van der Waals surface area (Å²) >= 11 is 0. The van der Waals surface area contributed by atoms with Gasteiger partial charge in [-0.2, -0.15) is 0 Å². The SMILES string of the molecule is CCOCCN1C(=O)C(C)(CC)NC(=O)C1(C)C. The van der Waals surface area contributed by atoms with Crippen molar-refractivity contribution in [2.75, 3.05) is 19.8 Å². The molecule has 1 aliphatic heterocycles. The van der Waals surface area contributed by atoms with Crippen molar-refractivity contribution in [2.45, 2.75) is 52.1 Å². The van der Waals surface area contributed by atoms with Crippen molar-refractivity contribution in [3.05, 3.63) is 0 Å². The molecule has 1 rings (SSSR count). The van der Waals surface area contributed by atoms with Crippen LogP contribution in [-0.2, 0) is 14.3 Å². The summed E-state index contributed by atoms with van der Waals surface area (Å²) in [6, 6.07) is 0. The molecular formula is C13H24N2O3. The van der Waals surface area contributed by atoms with Crippen molar-refractivity contribution in [1.29, 1.82) is 0 Å². The average Bonchev–Trinajstić information content (AvgIpc) is 2.31. The average molecular weight is 256 g/mol. The van der Waals surface area contributed by atoms with Crippen molar-refractivity contribution in [3.8, 4) is 0 Å². The van der Waals surface area contributed by atoms with Crippen LogP contribution in [0.4, 0.5) is 0 Å². The van der Waals surface area contributed by atoms with Crippen molar-refractivity contribution in [3.63, 3.8) is 0 Å². The molecule has 18 heavy (non-hydrogen) atoms. The summed E-state index contributed by atoms with van der Waals surface area (Å²) in [7, 11) is 0. The molecular weight excluding hydrogens is 232 g/mol. The second-order valence-corrected chi connectivity index (χ2v) is 5.35. The molecule has 1 heterocycles. The second kappa shape index (κ2) is 5.26. The molecule has 0 aliphatic carbocycles. The summed E-state index contributed by atoms with van der Waals surface area (Å²) in [5, 5.41) is 2.83. The summed E-state index contributed by atoms with van der Waals surface area (Å²) in [6.07, 6.45) is 0.582. The highest BCUT2D eigenvalue weighted by atomic mass is 16.5. The van der Waals surface area contributed by atoms with Crippen molar-refractivity contribution < 1.29 is 14.3 Å². The fourth-order valence-electron chi connectivity index (χ4n) is 2.05. The minimum absolute atomic E-state index is 0.0331. The number of hydrogen-bond donors (Lipinski definition) is 1. The normalized spacial score (nSPS) is 27.3. The molecule has 1 unspecified atom stereocenters. The Labute approximate surface area is 109 Å². The van der Waals surface area contributed by atoms with E-state index >= 15 is 0 Å². The van der Waals surface area contributed by atoms with E-state index in [0.717, 1.165) is 0 Å². The van der Waals surface area contributed by atoms with Gasteiger partial charge >= 0.3 is 0 Å². The lowest BCUT2D eigenvalue weighted by Crippen LogP contribution is -2.73. The van der Waals surface area contributed by atoms with Gasteiger partial charge in [0.1, 0.15) is 11.1 Å². The van der Waals surface area contributed by atoms with Crippen molar-refractivity contribution in [2.24, 2.45) is 0 Å². The first kappa shape index (κ1) is 15.0. The standard InChI is InChI=1S/C13H24N2O3/c1-6-13(5)11(17)15(8-9-18-7-2)12(3,4)10(16)14-13/h6-9H2,1-5H3,(H,14,16). The number of ether oxygens (including phenoxy) is 1. The van der Waals surface area contributed by atoms with E-state index in [0.29, 0.717) is 26.2 Å². The maximum atomic E-state index is 12.5. The third kappa shape index (κ3) is 2.51. The molecule has 5 nitrogen and oxygen atoms in total. The lowest BCUT2D eigenvalue weighted by Gasteiger charge is -2.48. The monoisotopic (exact) mass is 256 g/mol. The molecule has 0 radical (unpaired) electrons. The number of nitrogens with one attached hydrogen (secondary N) is 1. The lowest BCUT2D eigenvalue weighted by molar-refractivity contribution is -0.161. The molecule has 2 amide bonds. The number of rotatable bonds is 5. The van der Waals surface area contributed by atoms with Crippen LogP contribution in [0.25, 0.3) is 0 Å². The van der Waals surface area contributed by atoms with E-state index in [2.05, 4.69) is 5.32 Å². The van der Waals surface area contributed by atoms with Gasteiger partial charge in [-0.05, 0) is 34.1 Å². The molecule has 1 fully saturated rings. The summed E-state index contributed by atoms with van der Waals surface area (Å²) in [6.45, 7) is 10.6. The van der Waals surface area contributed by atoms with Gasteiger partial charge in [-0.1, -0.05) is 6.92 Å². The summed E-state index contributed by atoms with van der Waals surface area (Å²) < 4.78 is 5.29. The van der Waals surface area contributed by atoms with Gasteiger partial charge in [0.25, 0.3) is 0 Å². The highest BCUT2D eigenvalue weighted by molar-refractivity contribution is 6.01. The lowest BCUT2D eigenvalue weighted by atomic mass is 9.87. The van der Waals surface area contributed by atoms with E-state index in [1.807, 2.05) is 13.8 Å². The largest absolute Gasteiger partial charge is 0.380 e. The Kier molecular flexibility index (Phi) is 4.37. The number of nitrogens with zero attached hydrogens (tertiary/aromatic N) is 1. The Morgan fingerprint density at radius 1 is 1.22 bits per heavy atom. The van der Waals surface area contributed by atoms with Gasteiger partial charge in [-0.25, -0.2) is 0 Å². The van der Waals surface area contributed by atoms with E-state index in [1.54, 1.807) is 25.7 Å². The zero-order chi connectivity index (χ0) is 14.0. The van der Waals surface area contributed by atoms with E-state index < -0.39 is 11.1 Å². The van der Waals surface area contributed by atoms with Crippen LogP contribution < -0.4 is 5.32 Å². The first-order valence-electron chi connectivity index (χ1n) is 6.52. The molecule has 0 spiro atoms. The van der Waals surface area contributed by atoms with Crippen molar-refractivity contribution in [1.82, 2.24) is 10.2 Å². The van der Waals surface area contributed by atoms with Gasteiger partial charge in [-0.15, -0.1) is 0 Å². The van der Waals surface area contributed by atoms with Crippen molar-refractivity contribution >= 4 is 11.8 Å². The van der Waals surface area contributed by atoms with Crippen LogP contribution in [-0.4, -0.2) is 47.6 Å². The molecule has 5 heteroatoms. The molecule has 0 bridgehead atoms. The first-order valence-corrected chi connectivity index (χ1v) is 6.52. The van der Waals surface area contributed by atoms with Crippen LogP contribution in [0.15, 0.2) is 0 Å². The van der Waals surface area contributed by atoms with Crippen LogP contribution in [0.3, 0.4) is 0 Å². The molecule has 0 saturated carbocycles. The Bertz CT molecular complexity index is 341. The summed E-state index contributed by atoms with van der Waals surface area (Å²) in [5.74, 6) is -0.141. The highest BCUT2D eigenvalue weighted by Crippen LogP contribution is 2.27. The maximum Gasteiger partial charge on any atom is 0.248 e. The molecule has 104 valence electrons. The van der Waals surface area contributed by atoms with E-state index in [1.165, 1.54) is 0 Å². The fourth-order valence-corrected chi connectivity index (χ4v) is 2.05. The van der Waals surface area contributed by atoms with Gasteiger partial charge in [0.15, 0.2) is 0 Å².